The first kappa shape index (κ1) is 17.6. The summed E-state index contributed by atoms with van der Waals surface area (Å²) in [4.78, 5) is 18.0. The molecule has 0 bridgehead atoms. The smallest absolute Gasteiger partial charge is 0.321 e. The normalized spacial score (nSPS) is 21.9. The van der Waals surface area contributed by atoms with Gasteiger partial charge in [0.2, 0.25) is 0 Å². The molecule has 0 aliphatic carbocycles. The molecule has 2 aliphatic heterocycles. The Balaban J connectivity index is 1.48. The van der Waals surface area contributed by atoms with Crippen LogP contribution in [0.25, 0.3) is 0 Å². The lowest BCUT2D eigenvalue weighted by molar-refractivity contribution is 0.0572. The molecule has 2 fully saturated rings. The number of hydrogen-bond acceptors (Lipinski definition) is 4. The predicted molar refractivity (Wildman–Crippen MR) is 98.8 cm³/mol. The number of piperazine rings is 1. The van der Waals surface area contributed by atoms with Crippen molar-refractivity contribution >= 4 is 23.5 Å². The molecule has 0 spiro atoms. The number of hydrogen-bond donors (Lipinski definition) is 1. The summed E-state index contributed by atoms with van der Waals surface area (Å²) in [7, 11) is 0. The van der Waals surface area contributed by atoms with Crippen molar-refractivity contribution in [1.82, 2.24) is 9.80 Å². The van der Waals surface area contributed by atoms with Gasteiger partial charge in [0.1, 0.15) is 0 Å². The van der Waals surface area contributed by atoms with E-state index >= 15 is 0 Å². The van der Waals surface area contributed by atoms with Crippen molar-refractivity contribution in [3.8, 4) is 0 Å². The third kappa shape index (κ3) is 4.65. The van der Waals surface area contributed by atoms with Gasteiger partial charge >= 0.3 is 6.03 Å². The van der Waals surface area contributed by atoms with E-state index in [4.69, 9.17) is 4.74 Å². The standard InChI is InChI=1S/C18H27N3O2S/c1-2-24-17-8-4-3-7-16(17)19-18(22)21-11-9-20(10-12-21)14-15-6-5-13-23-15/h3-4,7-8,15H,2,5-6,9-14H2,1H3,(H,19,22). The number of carbonyl (C=O) groups is 1. The number of urea groups is 1. The summed E-state index contributed by atoms with van der Waals surface area (Å²) in [6.07, 6.45) is 2.75. The van der Waals surface area contributed by atoms with Crippen molar-refractivity contribution in [2.24, 2.45) is 0 Å². The number of benzene rings is 1. The monoisotopic (exact) mass is 349 g/mol. The van der Waals surface area contributed by atoms with Gasteiger partial charge in [-0.1, -0.05) is 19.1 Å². The van der Waals surface area contributed by atoms with E-state index in [0.29, 0.717) is 6.10 Å². The molecule has 0 aromatic heterocycles. The first-order chi connectivity index (χ1) is 11.8. The minimum Gasteiger partial charge on any atom is -0.377 e. The second-order valence-corrected chi connectivity index (χ2v) is 7.59. The van der Waals surface area contributed by atoms with Gasteiger partial charge in [0.15, 0.2) is 0 Å². The highest BCUT2D eigenvalue weighted by Gasteiger charge is 2.25. The van der Waals surface area contributed by atoms with E-state index in [-0.39, 0.29) is 6.03 Å². The van der Waals surface area contributed by atoms with Crippen LogP contribution < -0.4 is 5.32 Å². The van der Waals surface area contributed by atoms with Crippen molar-refractivity contribution in [2.75, 3.05) is 50.4 Å². The van der Waals surface area contributed by atoms with Gasteiger partial charge in [0, 0.05) is 44.2 Å². The van der Waals surface area contributed by atoms with Gasteiger partial charge in [-0.15, -0.1) is 11.8 Å². The van der Waals surface area contributed by atoms with Crippen molar-refractivity contribution in [3.63, 3.8) is 0 Å². The molecule has 0 saturated carbocycles. The van der Waals surface area contributed by atoms with Crippen LogP contribution in [-0.4, -0.2) is 67.0 Å². The van der Waals surface area contributed by atoms with Crippen LogP contribution in [0.1, 0.15) is 19.8 Å². The van der Waals surface area contributed by atoms with E-state index in [2.05, 4.69) is 23.2 Å². The lowest BCUT2D eigenvalue weighted by Gasteiger charge is -2.35. The molecule has 1 atom stereocenters. The fraction of sp³-hybridized carbons (Fsp3) is 0.611. The summed E-state index contributed by atoms with van der Waals surface area (Å²) >= 11 is 1.75. The van der Waals surface area contributed by atoms with E-state index < -0.39 is 0 Å². The molecule has 2 heterocycles. The van der Waals surface area contributed by atoms with E-state index in [0.717, 1.165) is 55.7 Å². The average molecular weight is 350 g/mol. The quantitative estimate of drug-likeness (QED) is 0.830. The van der Waals surface area contributed by atoms with Gasteiger partial charge in [-0.05, 0) is 30.7 Å². The van der Waals surface area contributed by atoms with Crippen molar-refractivity contribution in [2.45, 2.75) is 30.8 Å². The number of carbonyl (C=O) groups excluding carboxylic acids is 1. The van der Waals surface area contributed by atoms with Crippen LogP contribution in [0.15, 0.2) is 29.2 Å². The van der Waals surface area contributed by atoms with E-state index in [1.807, 2.05) is 23.1 Å². The number of ether oxygens (including phenoxy) is 1. The van der Waals surface area contributed by atoms with Gasteiger partial charge in [0.25, 0.3) is 0 Å². The Kier molecular flexibility index (Phi) is 6.40. The Bertz CT molecular complexity index is 541. The lowest BCUT2D eigenvalue weighted by atomic mass is 10.2. The molecule has 5 nitrogen and oxygen atoms in total. The fourth-order valence-corrected chi connectivity index (χ4v) is 4.02. The largest absolute Gasteiger partial charge is 0.377 e. The Hall–Kier alpha value is -1.24. The zero-order chi connectivity index (χ0) is 16.8. The number of amides is 2. The van der Waals surface area contributed by atoms with Crippen LogP contribution in [0.5, 0.6) is 0 Å². The van der Waals surface area contributed by atoms with E-state index in [1.54, 1.807) is 11.8 Å². The molecule has 6 heteroatoms. The van der Waals surface area contributed by atoms with Crippen LogP contribution in [0.4, 0.5) is 10.5 Å². The maximum atomic E-state index is 12.5. The third-order valence-corrected chi connectivity index (χ3v) is 5.53. The minimum atomic E-state index is 0.0101. The number of para-hydroxylation sites is 1. The molecule has 2 aliphatic rings. The molecule has 1 N–H and O–H groups in total. The summed E-state index contributed by atoms with van der Waals surface area (Å²) < 4.78 is 5.71. The van der Waals surface area contributed by atoms with Gasteiger partial charge in [-0.2, -0.15) is 0 Å². The molecule has 1 aromatic rings. The molecule has 2 saturated heterocycles. The van der Waals surface area contributed by atoms with Crippen LogP contribution in [0.2, 0.25) is 0 Å². The summed E-state index contributed by atoms with van der Waals surface area (Å²) in [5.74, 6) is 0.995. The molecular formula is C18H27N3O2S. The Morgan fingerprint density at radius 3 is 2.79 bits per heavy atom. The topological polar surface area (TPSA) is 44.8 Å². The number of nitrogens with one attached hydrogen (secondary N) is 1. The Labute approximate surface area is 148 Å². The zero-order valence-electron chi connectivity index (χ0n) is 14.4. The third-order valence-electron chi connectivity index (χ3n) is 4.57. The van der Waals surface area contributed by atoms with Crippen LogP contribution in [-0.2, 0) is 4.74 Å². The van der Waals surface area contributed by atoms with Gasteiger partial charge in [-0.3, -0.25) is 4.90 Å². The van der Waals surface area contributed by atoms with Gasteiger partial charge in [-0.25, -0.2) is 4.79 Å². The van der Waals surface area contributed by atoms with Crippen molar-refractivity contribution in [3.05, 3.63) is 24.3 Å². The van der Waals surface area contributed by atoms with Gasteiger partial charge < -0.3 is 15.0 Å². The first-order valence-electron chi connectivity index (χ1n) is 8.88. The molecule has 1 aromatic carbocycles. The highest BCUT2D eigenvalue weighted by molar-refractivity contribution is 7.99. The Morgan fingerprint density at radius 1 is 1.29 bits per heavy atom. The van der Waals surface area contributed by atoms with Crippen molar-refractivity contribution < 1.29 is 9.53 Å². The zero-order valence-corrected chi connectivity index (χ0v) is 15.2. The SMILES string of the molecule is CCSc1ccccc1NC(=O)N1CCN(CC2CCCO2)CC1. The Morgan fingerprint density at radius 2 is 2.08 bits per heavy atom. The summed E-state index contributed by atoms with van der Waals surface area (Å²) in [5, 5.41) is 3.08. The molecular weight excluding hydrogens is 322 g/mol. The fourth-order valence-electron chi connectivity index (χ4n) is 3.26. The van der Waals surface area contributed by atoms with E-state index in [9.17, 15) is 4.79 Å². The molecule has 0 radical (unpaired) electrons. The predicted octanol–water partition coefficient (Wildman–Crippen LogP) is 3.13. The lowest BCUT2D eigenvalue weighted by Crippen LogP contribution is -2.51. The molecule has 1 unspecified atom stereocenters. The number of anilines is 1. The number of thioether (sulfide) groups is 1. The minimum absolute atomic E-state index is 0.0101. The molecule has 2 amide bonds. The number of rotatable bonds is 5. The summed E-state index contributed by atoms with van der Waals surface area (Å²) in [5.41, 5.74) is 0.913. The highest BCUT2D eigenvalue weighted by Crippen LogP contribution is 2.27. The van der Waals surface area contributed by atoms with Crippen LogP contribution in [0, 0.1) is 0 Å². The maximum Gasteiger partial charge on any atom is 0.321 e. The second kappa shape index (κ2) is 8.74. The van der Waals surface area contributed by atoms with Crippen LogP contribution in [0.3, 0.4) is 0 Å². The van der Waals surface area contributed by atoms with E-state index in [1.165, 1.54) is 12.8 Å². The number of nitrogens with zero attached hydrogens (tertiary/aromatic N) is 2. The highest BCUT2D eigenvalue weighted by atomic mass is 32.2. The first-order valence-corrected chi connectivity index (χ1v) is 9.86. The van der Waals surface area contributed by atoms with Crippen LogP contribution >= 0.6 is 11.8 Å². The molecule has 3 rings (SSSR count). The van der Waals surface area contributed by atoms with Crippen molar-refractivity contribution in [1.29, 1.82) is 0 Å². The molecule has 24 heavy (non-hydrogen) atoms. The summed E-state index contributed by atoms with van der Waals surface area (Å²) in [6.45, 7) is 7.45. The maximum absolute atomic E-state index is 12.5. The van der Waals surface area contributed by atoms with Gasteiger partial charge in [0.05, 0.1) is 11.8 Å². The molecule has 132 valence electrons. The second-order valence-electron chi connectivity index (χ2n) is 6.28. The summed E-state index contributed by atoms with van der Waals surface area (Å²) in [6, 6.07) is 8.02. The average Bonchev–Trinajstić information content (AvgIpc) is 3.10.